The number of nitrogens with one attached hydrogen (secondary N) is 1. The summed E-state index contributed by atoms with van der Waals surface area (Å²) in [5, 5.41) is 2.29. The molecule has 3 aliphatic rings. The Morgan fingerprint density at radius 3 is 2.67 bits per heavy atom. The fourth-order valence-corrected chi connectivity index (χ4v) is 4.25. The summed E-state index contributed by atoms with van der Waals surface area (Å²) in [6.07, 6.45) is 0.438. The van der Waals surface area contributed by atoms with E-state index in [1.54, 1.807) is 23.1 Å². The van der Waals surface area contributed by atoms with Crippen LogP contribution in [0.3, 0.4) is 0 Å². The number of benzene rings is 2. The maximum absolute atomic E-state index is 13.0. The monoisotopic (exact) mass is 453 g/mol. The number of amides is 3. The van der Waals surface area contributed by atoms with Gasteiger partial charge in [0.1, 0.15) is 18.4 Å². The van der Waals surface area contributed by atoms with Gasteiger partial charge in [-0.05, 0) is 29.7 Å². The van der Waals surface area contributed by atoms with Crippen LogP contribution in [0.1, 0.15) is 45.4 Å². The number of carbonyl (C=O) groups excluding carboxylic acids is 3. The average molecular weight is 454 g/mol. The van der Waals surface area contributed by atoms with Gasteiger partial charge in [-0.25, -0.2) is 0 Å². The van der Waals surface area contributed by atoms with Crippen molar-refractivity contribution in [2.24, 2.45) is 0 Å². The second kappa shape index (κ2) is 9.33. The van der Waals surface area contributed by atoms with E-state index in [1.807, 2.05) is 0 Å². The van der Waals surface area contributed by atoms with Crippen molar-refractivity contribution in [3.63, 3.8) is 0 Å². The van der Waals surface area contributed by atoms with E-state index in [-0.39, 0.29) is 55.5 Å². The Kier molecular flexibility index (Phi) is 4.88. The molecule has 1 N–H and O–H groups in total. The van der Waals surface area contributed by atoms with Crippen molar-refractivity contribution in [3.8, 4) is 5.75 Å². The summed E-state index contributed by atoms with van der Waals surface area (Å²) < 4.78 is 45.3. The molecule has 1 unspecified atom stereocenters. The van der Waals surface area contributed by atoms with Gasteiger partial charge >= 0.3 is 0 Å². The van der Waals surface area contributed by atoms with E-state index in [0.29, 0.717) is 48.7 Å². The smallest absolute Gasteiger partial charge is 0.255 e. The first-order chi connectivity index (χ1) is 17.7. The second-order valence-electron chi connectivity index (χ2n) is 8.21. The van der Waals surface area contributed by atoms with Crippen LogP contribution in [0.2, 0.25) is 0 Å². The quantitative estimate of drug-likeness (QED) is 0.672. The first-order valence-corrected chi connectivity index (χ1v) is 11.0. The molecule has 2 aromatic rings. The molecule has 3 amide bonds. The second-order valence-corrected chi connectivity index (χ2v) is 8.21. The molecule has 8 nitrogen and oxygen atoms in total. The maximum Gasteiger partial charge on any atom is 0.255 e. The molecule has 2 saturated heterocycles. The van der Waals surface area contributed by atoms with Crippen molar-refractivity contribution in [2.45, 2.75) is 38.5 Å². The van der Waals surface area contributed by atoms with Gasteiger partial charge in [-0.3, -0.25) is 24.6 Å². The number of rotatable bonds is 6. The summed E-state index contributed by atoms with van der Waals surface area (Å²) in [6.45, 7) is -0.232. The molecule has 3 aliphatic heterocycles. The lowest BCUT2D eigenvalue weighted by molar-refractivity contribution is -0.136. The van der Waals surface area contributed by atoms with Gasteiger partial charge in [0, 0.05) is 39.9 Å². The molecule has 0 aromatic heterocycles. The van der Waals surface area contributed by atoms with E-state index < -0.39 is 18.4 Å². The van der Waals surface area contributed by atoms with Gasteiger partial charge in [0.05, 0.1) is 22.5 Å². The minimum Gasteiger partial charge on any atom is -0.489 e. The molecule has 0 saturated carbocycles. The van der Waals surface area contributed by atoms with Gasteiger partial charge in [-0.1, -0.05) is 30.3 Å². The average Bonchev–Trinajstić information content (AvgIpc) is 3.19. The number of hydrogen-bond acceptors (Lipinski definition) is 6. The first-order valence-electron chi connectivity index (χ1n) is 13.0. The van der Waals surface area contributed by atoms with Crippen molar-refractivity contribution >= 4 is 17.7 Å². The highest BCUT2D eigenvalue weighted by Gasteiger charge is 2.40. The van der Waals surface area contributed by atoms with E-state index in [0.717, 1.165) is 0 Å². The Hall–Kier alpha value is -3.23. The third-order valence-electron chi connectivity index (χ3n) is 6.02. The van der Waals surface area contributed by atoms with Crippen LogP contribution in [0.4, 0.5) is 0 Å². The highest BCUT2D eigenvalue weighted by Crippen LogP contribution is 2.34. The van der Waals surface area contributed by atoms with Crippen LogP contribution in [0, 0.1) is 0 Å². The highest BCUT2D eigenvalue weighted by atomic mass is 16.5. The molecule has 0 bridgehead atoms. The standard InChI is InChI=1S/C25H27N3O5/c29-23-9-8-21(24(30)26-23)28-15-20-19(25(28)31)2-1-3-22(20)33-16-18-6-4-17(5-7-18)14-27-10-12-32-13-11-27/h1-7,21H,8-16H2,(H,26,29,30)/i4D,5D,14D2. The van der Waals surface area contributed by atoms with Crippen LogP contribution in [0.5, 0.6) is 5.75 Å². The van der Waals surface area contributed by atoms with Crippen LogP contribution in [0.15, 0.2) is 42.4 Å². The van der Waals surface area contributed by atoms with Crippen molar-refractivity contribution < 1.29 is 29.3 Å². The molecule has 2 fully saturated rings. The molecule has 5 rings (SSSR count). The highest BCUT2D eigenvalue weighted by molar-refractivity contribution is 6.05. The zero-order chi connectivity index (χ0) is 26.3. The first kappa shape index (κ1) is 17.3. The predicted octanol–water partition coefficient (Wildman–Crippen LogP) is 1.86. The van der Waals surface area contributed by atoms with Crippen LogP contribution in [-0.2, 0) is 34.0 Å². The van der Waals surface area contributed by atoms with Gasteiger partial charge < -0.3 is 14.4 Å². The van der Waals surface area contributed by atoms with Crippen LogP contribution in [0.25, 0.3) is 0 Å². The zero-order valence-corrected chi connectivity index (χ0v) is 18.1. The largest absolute Gasteiger partial charge is 0.489 e. The van der Waals surface area contributed by atoms with E-state index in [9.17, 15) is 14.4 Å². The SMILES string of the molecule is [2H]c1cc(COc2cccc3c2CN(C2CCC(=O)NC2=O)C3=O)cc([2H])c1C([2H])([2H])N1CCOCC1. The third-order valence-corrected chi connectivity index (χ3v) is 6.02. The Morgan fingerprint density at radius 1 is 1.12 bits per heavy atom. The van der Waals surface area contributed by atoms with E-state index in [2.05, 4.69) is 5.32 Å². The van der Waals surface area contributed by atoms with Crippen molar-refractivity contribution in [2.75, 3.05) is 26.3 Å². The number of imide groups is 1. The Labute approximate surface area is 198 Å². The third kappa shape index (κ3) is 4.62. The summed E-state index contributed by atoms with van der Waals surface area (Å²) in [7, 11) is 0. The number of carbonyl (C=O) groups is 3. The minimum absolute atomic E-state index is 0.00392. The fourth-order valence-electron chi connectivity index (χ4n) is 4.25. The molecule has 1 atom stereocenters. The summed E-state index contributed by atoms with van der Waals surface area (Å²) in [5.74, 6) is -0.679. The van der Waals surface area contributed by atoms with Crippen molar-refractivity contribution in [1.82, 2.24) is 15.1 Å². The van der Waals surface area contributed by atoms with Gasteiger partial charge in [0.25, 0.3) is 5.91 Å². The number of hydrogen-bond donors (Lipinski definition) is 1. The van der Waals surface area contributed by atoms with E-state index in [1.165, 1.54) is 17.0 Å². The molecule has 0 aliphatic carbocycles. The van der Waals surface area contributed by atoms with Gasteiger partial charge in [0.2, 0.25) is 11.8 Å². The molecular weight excluding hydrogens is 422 g/mol. The van der Waals surface area contributed by atoms with E-state index >= 15 is 0 Å². The van der Waals surface area contributed by atoms with Gasteiger partial charge in [0.15, 0.2) is 0 Å². The predicted molar refractivity (Wildman–Crippen MR) is 119 cm³/mol. The van der Waals surface area contributed by atoms with Gasteiger partial charge in [-0.15, -0.1) is 0 Å². The lowest BCUT2D eigenvalue weighted by Gasteiger charge is -2.29. The number of nitrogens with zero attached hydrogens (tertiary/aromatic N) is 2. The van der Waals surface area contributed by atoms with Crippen LogP contribution < -0.4 is 10.1 Å². The lowest BCUT2D eigenvalue weighted by atomic mass is 10.0. The van der Waals surface area contributed by atoms with Gasteiger partial charge in [-0.2, -0.15) is 0 Å². The molecule has 3 heterocycles. The van der Waals surface area contributed by atoms with Crippen LogP contribution in [-0.4, -0.2) is 59.9 Å². The Morgan fingerprint density at radius 2 is 1.91 bits per heavy atom. The normalized spacial score (nSPS) is 23.3. The van der Waals surface area contributed by atoms with E-state index in [4.69, 9.17) is 15.0 Å². The number of morpholine rings is 1. The molecule has 0 radical (unpaired) electrons. The number of piperidine rings is 1. The molecule has 0 spiro atoms. The summed E-state index contributed by atoms with van der Waals surface area (Å²) in [6, 6.07) is 7.17. The Bertz CT molecular complexity index is 1240. The zero-order valence-electron chi connectivity index (χ0n) is 22.1. The number of fused-ring (bicyclic) bond motifs is 1. The fraction of sp³-hybridized carbons (Fsp3) is 0.400. The van der Waals surface area contributed by atoms with Crippen molar-refractivity contribution in [1.29, 1.82) is 0 Å². The molecule has 8 heteroatoms. The molecule has 172 valence electrons. The summed E-state index contributed by atoms with van der Waals surface area (Å²) in [4.78, 5) is 39.9. The lowest BCUT2D eigenvalue weighted by Crippen LogP contribution is -2.52. The Balaban J connectivity index is 1.32. The number of ether oxygens (including phenoxy) is 2. The molecular formula is C25H27N3O5. The summed E-state index contributed by atoms with van der Waals surface area (Å²) >= 11 is 0. The van der Waals surface area contributed by atoms with Crippen LogP contribution >= 0.6 is 0 Å². The summed E-state index contributed by atoms with van der Waals surface area (Å²) in [5.41, 5.74) is 1.60. The molecule has 33 heavy (non-hydrogen) atoms. The van der Waals surface area contributed by atoms with Crippen molar-refractivity contribution in [3.05, 3.63) is 64.7 Å². The minimum atomic E-state index is -1.97. The molecule has 2 aromatic carbocycles. The topological polar surface area (TPSA) is 88.2 Å². The maximum atomic E-state index is 13.0.